The average molecular weight is 653 g/mol. The first-order chi connectivity index (χ1) is 22.0. The summed E-state index contributed by atoms with van der Waals surface area (Å²) < 4.78 is 0. The van der Waals surface area contributed by atoms with Gasteiger partial charge in [0.1, 0.15) is 18.1 Å². The second-order valence-corrected chi connectivity index (χ2v) is 13.1. The van der Waals surface area contributed by atoms with Gasteiger partial charge in [-0.15, -0.1) is 0 Å². The van der Waals surface area contributed by atoms with Gasteiger partial charge in [0.2, 0.25) is 23.6 Å². The molecule has 0 unspecified atom stereocenters. The zero-order valence-electron chi connectivity index (χ0n) is 26.7. The molecule has 0 saturated carbocycles. The molecule has 1 saturated heterocycles. The number of benzene rings is 2. The van der Waals surface area contributed by atoms with Gasteiger partial charge in [-0.3, -0.25) is 24.2 Å². The zero-order valence-corrected chi connectivity index (χ0v) is 27.5. The molecule has 4 atom stereocenters. The van der Waals surface area contributed by atoms with Crippen LogP contribution in [0.25, 0.3) is 0 Å². The van der Waals surface area contributed by atoms with E-state index < -0.39 is 41.9 Å². The minimum atomic E-state index is -1.01. The Morgan fingerprint density at radius 3 is 1.96 bits per heavy atom. The summed E-state index contributed by atoms with van der Waals surface area (Å²) in [7, 11) is 0. The number of carbonyl (C=O) groups is 4. The van der Waals surface area contributed by atoms with E-state index in [1.165, 1.54) is 0 Å². The highest BCUT2D eigenvalue weighted by Gasteiger charge is 2.32. The Balaban J connectivity index is 1.78. The average Bonchev–Trinajstić information content (AvgIpc) is 3.32. The highest BCUT2D eigenvalue weighted by atomic mass is 32.2. The van der Waals surface area contributed by atoms with Gasteiger partial charge in [-0.1, -0.05) is 74.5 Å². The van der Waals surface area contributed by atoms with Gasteiger partial charge in [-0.05, 0) is 42.1 Å². The fourth-order valence-corrected chi connectivity index (χ4v) is 6.00. The van der Waals surface area contributed by atoms with Crippen LogP contribution in [0.4, 0.5) is 0 Å². The SMILES string of the molecule is CC(C)C[C@@H](NC(=O)[C@@H](Cc1ccccc1)NC(=O)[C@H](N)Cc1ccccc1)C(=O)N[C@H](CN=C(N)N)C(=O)N1CCCSCC1. The normalized spacial score (nSPS) is 15.9. The van der Waals surface area contributed by atoms with Crippen LogP contribution in [0.2, 0.25) is 0 Å². The molecule has 1 heterocycles. The highest BCUT2D eigenvalue weighted by Crippen LogP contribution is 2.13. The molecule has 0 aliphatic carbocycles. The number of hydrogen-bond acceptors (Lipinski definition) is 7. The molecule has 0 aromatic heterocycles. The van der Waals surface area contributed by atoms with E-state index in [0.29, 0.717) is 25.9 Å². The minimum absolute atomic E-state index is 0.0204. The third-order valence-corrected chi connectivity index (χ3v) is 8.54. The fraction of sp³-hybridized carbons (Fsp3) is 0.485. The van der Waals surface area contributed by atoms with Gasteiger partial charge < -0.3 is 38.1 Å². The number of carbonyl (C=O) groups excluding carboxylic acids is 4. The van der Waals surface area contributed by atoms with E-state index in [-0.39, 0.29) is 30.8 Å². The number of thioether (sulfide) groups is 1. The second-order valence-electron chi connectivity index (χ2n) is 11.9. The minimum Gasteiger partial charge on any atom is -0.370 e. The standard InChI is InChI=1S/C33H48N8O4S/c1-22(2)18-26(30(43)40-28(21-37-33(35)36)32(45)41-14-9-16-46-17-15-41)39-31(44)27(20-24-12-7-4-8-13-24)38-29(42)25(34)19-23-10-5-3-6-11-23/h3-8,10-13,22,25-28H,9,14-21,34H2,1-2H3,(H,38,42)(H,39,44)(H,40,43)(H4,35,36,37)/t25-,26-,27-,28-/m1/s1. The van der Waals surface area contributed by atoms with Crippen LogP contribution in [-0.4, -0.2) is 89.8 Å². The maximum absolute atomic E-state index is 13.8. The predicted octanol–water partition coefficient (Wildman–Crippen LogP) is 0.539. The number of rotatable bonds is 15. The maximum atomic E-state index is 13.8. The molecule has 9 N–H and O–H groups in total. The topological polar surface area (TPSA) is 198 Å². The second kappa shape index (κ2) is 18.8. The van der Waals surface area contributed by atoms with E-state index in [2.05, 4.69) is 20.9 Å². The summed E-state index contributed by atoms with van der Waals surface area (Å²) >= 11 is 1.77. The van der Waals surface area contributed by atoms with Crippen molar-refractivity contribution < 1.29 is 19.2 Å². The Morgan fingerprint density at radius 1 is 0.783 bits per heavy atom. The van der Waals surface area contributed by atoms with Crippen molar-refractivity contribution in [2.24, 2.45) is 28.1 Å². The quantitative estimate of drug-likeness (QED) is 0.118. The number of amides is 4. The van der Waals surface area contributed by atoms with Crippen molar-refractivity contribution in [2.75, 3.05) is 31.1 Å². The summed E-state index contributed by atoms with van der Waals surface area (Å²) in [6, 6.07) is 14.8. The zero-order chi connectivity index (χ0) is 33.5. The maximum Gasteiger partial charge on any atom is 0.247 e. The number of hydrogen-bond donors (Lipinski definition) is 6. The molecule has 3 rings (SSSR count). The van der Waals surface area contributed by atoms with Crippen LogP contribution in [0.3, 0.4) is 0 Å². The molecule has 0 spiro atoms. The molecule has 1 aliphatic heterocycles. The van der Waals surface area contributed by atoms with Crippen molar-refractivity contribution in [3.63, 3.8) is 0 Å². The van der Waals surface area contributed by atoms with E-state index in [4.69, 9.17) is 17.2 Å². The Morgan fingerprint density at radius 2 is 1.35 bits per heavy atom. The van der Waals surface area contributed by atoms with Gasteiger partial charge in [0, 0.05) is 25.3 Å². The number of nitrogens with one attached hydrogen (secondary N) is 3. The van der Waals surface area contributed by atoms with Crippen LogP contribution in [-0.2, 0) is 32.0 Å². The molecule has 12 nitrogen and oxygen atoms in total. The van der Waals surface area contributed by atoms with Crippen molar-refractivity contribution >= 4 is 41.4 Å². The van der Waals surface area contributed by atoms with Crippen LogP contribution in [0.5, 0.6) is 0 Å². The van der Waals surface area contributed by atoms with Crippen molar-refractivity contribution in [1.29, 1.82) is 0 Å². The Hall–Kier alpha value is -4.10. The van der Waals surface area contributed by atoms with Gasteiger partial charge in [-0.25, -0.2) is 0 Å². The Kier molecular flexibility index (Phi) is 14.8. The van der Waals surface area contributed by atoms with Crippen molar-refractivity contribution in [3.8, 4) is 0 Å². The van der Waals surface area contributed by atoms with Crippen LogP contribution in [0.15, 0.2) is 65.7 Å². The smallest absolute Gasteiger partial charge is 0.247 e. The fourth-order valence-electron chi connectivity index (χ4n) is 5.12. The number of nitrogens with two attached hydrogens (primary N) is 3. The van der Waals surface area contributed by atoms with Gasteiger partial charge >= 0.3 is 0 Å². The molecule has 2 aromatic rings. The lowest BCUT2D eigenvalue weighted by atomic mass is 10.00. The molecule has 13 heteroatoms. The lowest BCUT2D eigenvalue weighted by Crippen LogP contribution is -2.59. The van der Waals surface area contributed by atoms with Gasteiger partial charge in [0.15, 0.2) is 5.96 Å². The molecule has 1 aliphatic rings. The molecular formula is C33H48N8O4S. The van der Waals surface area contributed by atoms with Crippen LogP contribution < -0.4 is 33.2 Å². The van der Waals surface area contributed by atoms with E-state index in [0.717, 1.165) is 29.1 Å². The van der Waals surface area contributed by atoms with E-state index in [9.17, 15) is 19.2 Å². The number of guanidine groups is 1. The van der Waals surface area contributed by atoms with Crippen LogP contribution in [0, 0.1) is 5.92 Å². The highest BCUT2D eigenvalue weighted by molar-refractivity contribution is 7.99. The molecule has 4 amide bonds. The molecule has 1 fully saturated rings. The summed E-state index contributed by atoms with van der Waals surface area (Å²) in [6.07, 6.45) is 1.62. The molecule has 2 aromatic carbocycles. The van der Waals surface area contributed by atoms with Gasteiger partial charge in [0.05, 0.1) is 12.6 Å². The summed E-state index contributed by atoms with van der Waals surface area (Å²) in [6.45, 7) is 4.84. The van der Waals surface area contributed by atoms with Crippen LogP contribution in [0.1, 0.15) is 37.8 Å². The lowest BCUT2D eigenvalue weighted by Gasteiger charge is -2.29. The predicted molar refractivity (Wildman–Crippen MR) is 183 cm³/mol. The number of nitrogens with zero attached hydrogens (tertiary/aromatic N) is 2. The molecule has 46 heavy (non-hydrogen) atoms. The Labute approximate surface area is 275 Å². The third-order valence-electron chi connectivity index (χ3n) is 7.50. The first kappa shape index (κ1) is 36.4. The first-order valence-corrected chi connectivity index (χ1v) is 16.9. The van der Waals surface area contributed by atoms with Crippen molar-refractivity contribution in [3.05, 3.63) is 71.8 Å². The first-order valence-electron chi connectivity index (χ1n) is 15.7. The van der Waals surface area contributed by atoms with E-state index in [1.54, 1.807) is 16.7 Å². The van der Waals surface area contributed by atoms with Crippen molar-refractivity contribution in [2.45, 2.75) is 63.7 Å². The lowest BCUT2D eigenvalue weighted by molar-refractivity contribution is -0.137. The largest absolute Gasteiger partial charge is 0.370 e. The molecule has 0 bridgehead atoms. The van der Waals surface area contributed by atoms with Crippen LogP contribution >= 0.6 is 11.8 Å². The summed E-state index contributed by atoms with van der Waals surface area (Å²) in [5, 5.41) is 8.45. The molecule has 0 radical (unpaired) electrons. The van der Waals surface area contributed by atoms with E-state index in [1.807, 2.05) is 74.5 Å². The summed E-state index contributed by atoms with van der Waals surface area (Å²) in [5.41, 5.74) is 19.1. The summed E-state index contributed by atoms with van der Waals surface area (Å²) in [4.78, 5) is 59.9. The van der Waals surface area contributed by atoms with E-state index >= 15 is 0 Å². The Bertz CT molecular complexity index is 1300. The third kappa shape index (κ3) is 12.4. The summed E-state index contributed by atoms with van der Waals surface area (Å²) in [5.74, 6) is -0.273. The van der Waals surface area contributed by atoms with Gasteiger partial charge in [0.25, 0.3) is 0 Å². The van der Waals surface area contributed by atoms with Crippen molar-refractivity contribution in [1.82, 2.24) is 20.9 Å². The number of aliphatic imine (C=N–C) groups is 1. The monoisotopic (exact) mass is 652 g/mol. The van der Waals surface area contributed by atoms with Gasteiger partial charge in [-0.2, -0.15) is 11.8 Å². The molecule has 250 valence electrons. The molecular weight excluding hydrogens is 604 g/mol.